The summed E-state index contributed by atoms with van der Waals surface area (Å²) in [5.41, 5.74) is -0.000314. The van der Waals surface area contributed by atoms with E-state index < -0.39 is 5.56 Å². The van der Waals surface area contributed by atoms with Crippen molar-refractivity contribution >= 4 is 29.0 Å². The van der Waals surface area contributed by atoms with Gasteiger partial charge in [0.25, 0.3) is 5.56 Å². The quantitative estimate of drug-likeness (QED) is 0.815. The van der Waals surface area contributed by atoms with Gasteiger partial charge in [-0.1, -0.05) is 35.3 Å². The van der Waals surface area contributed by atoms with E-state index >= 15 is 0 Å². The third kappa shape index (κ3) is 3.21. The number of hydrogen-bond acceptors (Lipinski definition) is 3. The molecule has 0 saturated heterocycles. The highest BCUT2D eigenvalue weighted by Crippen LogP contribution is 2.15. The van der Waals surface area contributed by atoms with E-state index in [9.17, 15) is 9.59 Å². The maximum Gasteiger partial charge on any atom is 0.269 e. The van der Waals surface area contributed by atoms with Gasteiger partial charge in [0.15, 0.2) is 5.78 Å². The molecule has 0 aliphatic heterocycles. The Balaban J connectivity index is 2.30. The van der Waals surface area contributed by atoms with Crippen molar-refractivity contribution in [2.45, 2.75) is 6.54 Å². The van der Waals surface area contributed by atoms with E-state index in [1.54, 1.807) is 24.3 Å². The number of Topliss-reactive ketones (excluding diaryl/α,β-unsaturated/α-hetero) is 1. The van der Waals surface area contributed by atoms with Gasteiger partial charge in [0, 0.05) is 11.8 Å². The molecule has 104 valence electrons. The zero-order valence-corrected chi connectivity index (χ0v) is 12.1. The Labute approximate surface area is 125 Å². The molecule has 0 bridgehead atoms. The average molecular weight is 312 g/mol. The molecule has 0 fully saturated rings. The monoisotopic (exact) mass is 311 g/mol. The van der Waals surface area contributed by atoms with Gasteiger partial charge in [-0.15, -0.1) is 0 Å². The number of rotatable bonds is 4. The zero-order valence-electron chi connectivity index (χ0n) is 10.6. The van der Waals surface area contributed by atoms with E-state index in [4.69, 9.17) is 27.9 Å². The van der Waals surface area contributed by atoms with Crippen molar-refractivity contribution in [2.75, 3.05) is 7.11 Å². The molecule has 0 saturated carbocycles. The van der Waals surface area contributed by atoms with E-state index in [1.807, 2.05) is 0 Å². The Kier molecular flexibility index (Phi) is 4.47. The van der Waals surface area contributed by atoms with Gasteiger partial charge in [-0.25, -0.2) is 0 Å². The first-order valence-corrected chi connectivity index (χ1v) is 6.49. The van der Waals surface area contributed by atoms with Crippen LogP contribution >= 0.6 is 23.2 Å². The fourth-order valence-corrected chi connectivity index (χ4v) is 2.23. The van der Waals surface area contributed by atoms with Crippen LogP contribution in [0.4, 0.5) is 0 Å². The van der Waals surface area contributed by atoms with Crippen molar-refractivity contribution in [1.29, 1.82) is 0 Å². The fraction of sp³-hybridized carbons (Fsp3) is 0.143. The van der Waals surface area contributed by atoms with Crippen LogP contribution in [0.1, 0.15) is 10.4 Å². The molecule has 20 heavy (non-hydrogen) atoms. The third-order valence-corrected chi connectivity index (χ3v) is 3.19. The molecule has 6 heteroatoms. The molecule has 2 aromatic rings. The maximum absolute atomic E-state index is 12.2. The second kappa shape index (κ2) is 6.11. The molecule has 0 unspecified atom stereocenters. The average Bonchev–Trinajstić information content (AvgIpc) is 2.44. The topological polar surface area (TPSA) is 48.3 Å². The molecule has 2 rings (SSSR count). The van der Waals surface area contributed by atoms with Gasteiger partial charge in [0.2, 0.25) is 0 Å². The number of carbonyl (C=O) groups excluding carboxylic acids is 1. The Morgan fingerprint density at radius 3 is 2.75 bits per heavy atom. The van der Waals surface area contributed by atoms with E-state index in [2.05, 4.69) is 0 Å². The van der Waals surface area contributed by atoms with Crippen LogP contribution in [-0.2, 0) is 6.54 Å². The first-order chi connectivity index (χ1) is 9.51. The van der Waals surface area contributed by atoms with Gasteiger partial charge in [0.05, 0.1) is 18.7 Å². The van der Waals surface area contributed by atoms with E-state index in [0.717, 1.165) is 0 Å². The summed E-state index contributed by atoms with van der Waals surface area (Å²) in [6.45, 7) is -0.133. The summed E-state index contributed by atoms with van der Waals surface area (Å²) < 4.78 is 6.24. The smallest absolute Gasteiger partial charge is 0.269 e. The molecule has 0 atom stereocenters. The molecule has 0 aliphatic carbocycles. The van der Waals surface area contributed by atoms with Crippen molar-refractivity contribution in [1.82, 2.24) is 4.57 Å². The first-order valence-electron chi connectivity index (χ1n) is 5.74. The molecule has 0 amide bonds. The molecule has 0 N–H and O–H groups in total. The summed E-state index contributed by atoms with van der Waals surface area (Å²) in [5.74, 6) is 0.344. The predicted octanol–water partition coefficient (Wildman–Crippen LogP) is 3.05. The normalized spacial score (nSPS) is 10.3. The van der Waals surface area contributed by atoms with Crippen LogP contribution in [0.5, 0.6) is 5.75 Å². The highest BCUT2D eigenvalue weighted by Gasteiger charge is 2.11. The molecule has 1 aromatic heterocycles. The van der Waals surface area contributed by atoms with Crippen LogP contribution < -0.4 is 10.3 Å². The van der Waals surface area contributed by atoms with Crippen LogP contribution in [0.3, 0.4) is 0 Å². The van der Waals surface area contributed by atoms with Crippen LogP contribution in [0.15, 0.2) is 41.3 Å². The van der Waals surface area contributed by atoms with E-state index in [-0.39, 0.29) is 17.4 Å². The minimum Gasteiger partial charge on any atom is -0.497 e. The van der Waals surface area contributed by atoms with E-state index in [0.29, 0.717) is 16.3 Å². The van der Waals surface area contributed by atoms with Crippen molar-refractivity contribution in [3.63, 3.8) is 0 Å². The summed E-state index contributed by atoms with van der Waals surface area (Å²) in [7, 11) is 1.52. The highest BCUT2D eigenvalue weighted by molar-refractivity contribution is 6.34. The van der Waals surface area contributed by atoms with Crippen LogP contribution in [0, 0.1) is 0 Å². The summed E-state index contributed by atoms with van der Waals surface area (Å²) in [4.78, 5) is 24.0. The van der Waals surface area contributed by atoms with Gasteiger partial charge < -0.3 is 9.30 Å². The fourth-order valence-electron chi connectivity index (χ4n) is 1.72. The van der Waals surface area contributed by atoms with Gasteiger partial charge in [-0.3, -0.25) is 9.59 Å². The van der Waals surface area contributed by atoms with E-state index in [1.165, 1.54) is 23.9 Å². The molecular formula is C14H11Cl2NO3. The van der Waals surface area contributed by atoms with Gasteiger partial charge in [-0.2, -0.15) is 0 Å². The number of nitrogens with zero attached hydrogens (tertiary/aromatic N) is 1. The Morgan fingerprint density at radius 2 is 2.05 bits per heavy atom. The highest BCUT2D eigenvalue weighted by atomic mass is 35.5. The number of pyridine rings is 1. The van der Waals surface area contributed by atoms with Crippen molar-refractivity contribution < 1.29 is 9.53 Å². The third-order valence-electron chi connectivity index (χ3n) is 2.71. The number of ketones is 1. The number of halogens is 2. The largest absolute Gasteiger partial charge is 0.497 e. The number of aromatic nitrogens is 1. The molecule has 0 spiro atoms. The molecule has 1 heterocycles. The lowest BCUT2D eigenvalue weighted by molar-refractivity contribution is 0.0970. The molecule has 0 radical (unpaired) electrons. The minimum absolute atomic E-state index is 0.0176. The predicted molar refractivity (Wildman–Crippen MR) is 78.0 cm³/mol. The molecular weight excluding hydrogens is 301 g/mol. The first kappa shape index (κ1) is 14.6. The lowest BCUT2D eigenvalue weighted by Crippen LogP contribution is -2.24. The van der Waals surface area contributed by atoms with Crippen molar-refractivity contribution in [3.05, 3.63) is 62.5 Å². The molecule has 0 aliphatic rings. The lowest BCUT2D eigenvalue weighted by Gasteiger charge is -2.07. The molecule has 1 aromatic carbocycles. The summed E-state index contributed by atoms with van der Waals surface area (Å²) in [6.07, 6.45) is 1.38. The number of ether oxygens (including phenoxy) is 1. The maximum atomic E-state index is 12.2. The SMILES string of the molecule is COc1cccc(C(=O)Cn2cc(Cl)cc(Cl)c2=O)c1. The van der Waals surface area contributed by atoms with Crippen LogP contribution in [0.2, 0.25) is 10.0 Å². The van der Waals surface area contributed by atoms with Gasteiger partial charge in [-0.05, 0) is 18.2 Å². The zero-order chi connectivity index (χ0) is 14.7. The van der Waals surface area contributed by atoms with Crippen molar-refractivity contribution in [3.8, 4) is 5.75 Å². The Morgan fingerprint density at radius 1 is 1.30 bits per heavy atom. The second-order valence-corrected chi connectivity index (χ2v) is 4.94. The number of benzene rings is 1. The van der Waals surface area contributed by atoms with Crippen LogP contribution in [-0.4, -0.2) is 17.5 Å². The number of hydrogen-bond donors (Lipinski definition) is 0. The van der Waals surface area contributed by atoms with Gasteiger partial charge in [0.1, 0.15) is 10.8 Å². The number of methoxy groups -OCH3 is 1. The Hall–Kier alpha value is -1.78. The summed E-state index contributed by atoms with van der Waals surface area (Å²) in [5, 5.41) is 0.281. The van der Waals surface area contributed by atoms with Crippen molar-refractivity contribution in [2.24, 2.45) is 0 Å². The minimum atomic E-state index is -0.452. The second-order valence-electron chi connectivity index (χ2n) is 4.09. The lowest BCUT2D eigenvalue weighted by atomic mass is 10.1. The van der Waals surface area contributed by atoms with Gasteiger partial charge >= 0.3 is 0 Å². The summed E-state index contributed by atoms with van der Waals surface area (Å²) in [6, 6.07) is 8.05. The number of carbonyl (C=O) groups is 1. The van der Waals surface area contributed by atoms with Crippen LogP contribution in [0.25, 0.3) is 0 Å². The Bertz CT molecular complexity index is 710. The summed E-state index contributed by atoms with van der Waals surface area (Å²) >= 11 is 11.6. The standard InChI is InChI=1S/C14H11Cl2NO3/c1-20-11-4-2-3-9(5-11)13(18)8-17-7-10(15)6-12(16)14(17)19/h2-7H,8H2,1H3. The molecule has 4 nitrogen and oxygen atoms in total.